The second-order valence-electron chi connectivity index (χ2n) is 5.84. The minimum atomic E-state index is -0.0213. The lowest BCUT2D eigenvalue weighted by atomic mass is 9.96. The van der Waals surface area contributed by atoms with E-state index in [2.05, 4.69) is 6.07 Å². The first-order valence-corrected chi connectivity index (χ1v) is 8.05. The molecule has 0 amide bonds. The van der Waals surface area contributed by atoms with Crippen molar-refractivity contribution in [2.45, 2.75) is 39.0 Å². The van der Waals surface area contributed by atoms with Crippen molar-refractivity contribution in [3.8, 4) is 11.5 Å². The zero-order valence-electron chi connectivity index (χ0n) is 13.8. The zero-order chi connectivity index (χ0) is 15.9. The van der Waals surface area contributed by atoms with E-state index < -0.39 is 0 Å². The van der Waals surface area contributed by atoms with E-state index in [1.807, 2.05) is 19.1 Å². The fraction of sp³-hybridized carbons (Fsp3) is 0.611. The number of benzene rings is 1. The molecule has 1 fully saturated rings. The fourth-order valence-electron chi connectivity index (χ4n) is 3.23. The highest BCUT2D eigenvalue weighted by molar-refractivity contribution is 5.72. The lowest BCUT2D eigenvalue weighted by Gasteiger charge is -2.13. The number of esters is 1. The highest BCUT2D eigenvalue weighted by Crippen LogP contribution is 2.35. The predicted molar refractivity (Wildman–Crippen MR) is 85.3 cm³/mol. The molecule has 2 rings (SSSR count). The first-order chi connectivity index (χ1) is 10.7. The van der Waals surface area contributed by atoms with Gasteiger partial charge in [-0.25, -0.2) is 0 Å². The minimum absolute atomic E-state index is 0.0213. The van der Waals surface area contributed by atoms with E-state index in [4.69, 9.17) is 14.2 Å². The van der Waals surface area contributed by atoms with Crippen molar-refractivity contribution in [1.82, 2.24) is 0 Å². The van der Waals surface area contributed by atoms with E-state index in [0.717, 1.165) is 43.6 Å². The molecule has 2 unspecified atom stereocenters. The van der Waals surface area contributed by atoms with Gasteiger partial charge in [0.1, 0.15) is 11.5 Å². The monoisotopic (exact) mass is 306 g/mol. The normalized spacial score (nSPS) is 20.7. The second-order valence-corrected chi connectivity index (χ2v) is 5.84. The molecule has 1 aliphatic rings. The van der Waals surface area contributed by atoms with Crippen LogP contribution in [0.15, 0.2) is 18.2 Å². The van der Waals surface area contributed by atoms with Crippen molar-refractivity contribution in [1.29, 1.82) is 0 Å². The SMILES string of the molecule is CCOC(=O)C1CCC(CCc2ccc(OC)cc2OC)C1. The molecular weight excluding hydrogens is 280 g/mol. The van der Waals surface area contributed by atoms with Crippen LogP contribution in [0.4, 0.5) is 0 Å². The smallest absolute Gasteiger partial charge is 0.308 e. The first kappa shape index (κ1) is 16.7. The summed E-state index contributed by atoms with van der Waals surface area (Å²) >= 11 is 0. The van der Waals surface area contributed by atoms with Gasteiger partial charge < -0.3 is 14.2 Å². The number of methoxy groups -OCH3 is 2. The Morgan fingerprint density at radius 3 is 2.73 bits per heavy atom. The summed E-state index contributed by atoms with van der Waals surface area (Å²) in [6.07, 6.45) is 5.08. The van der Waals surface area contributed by atoms with Crippen molar-refractivity contribution < 1.29 is 19.0 Å². The average Bonchev–Trinajstić information content (AvgIpc) is 3.02. The van der Waals surface area contributed by atoms with E-state index in [1.165, 1.54) is 5.56 Å². The van der Waals surface area contributed by atoms with E-state index in [0.29, 0.717) is 12.5 Å². The molecule has 0 heterocycles. The Kier molecular flexibility index (Phi) is 6.10. The Labute approximate surface area is 132 Å². The van der Waals surface area contributed by atoms with Gasteiger partial charge in [0.05, 0.1) is 26.7 Å². The predicted octanol–water partition coefficient (Wildman–Crippen LogP) is 3.62. The van der Waals surface area contributed by atoms with Gasteiger partial charge in [0.2, 0.25) is 0 Å². The van der Waals surface area contributed by atoms with Crippen molar-refractivity contribution >= 4 is 5.97 Å². The maximum atomic E-state index is 11.8. The molecule has 1 aromatic rings. The number of carbonyl (C=O) groups excluding carboxylic acids is 1. The van der Waals surface area contributed by atoms with Gasteiger partial charge in [0, 0.05) is 6.07 Å². The minimum Gasteiger partial charge on any atom is -0.497 e. The van der Waals surface area contributed by atoms with Crippen LogP contribution in [0.1, 0.15) is 38.2 Å². The third kappa shape index (κ3) is 4.15. The van der Waals surface area contributed by atoms with Crippen LogP contribution in [0.3, 0.4) is 0 Å². The molecule has 0 radical (unpaired) electrons. The maximum absolute atomic E-state index is 11.8. The summed E-state index contributed by atoms with van der Waals surface area (Å²) in [5.74, 6) is 2.36. The van der Waals surface area contributed by atoms with Gasteiger partial charge in [-0.15, -0.1) is 0 Å². The Hall–Kier alpha value is -1.71. The third-order valence-corrected chi connectivity index (χ3v) is 4.48. The van der Waals surface area contributed by atoms with E-state index in [1.54, 1.807) is 14.2 Å². The standard InChI is InChI=1S/C18H26O4/c1-4-22-18(19)15-8-6-13(11-15)5-7-14-9-10-16(20-2)12-17(14)21-3/h9-10,12-13,15H,4-8,11H2,1-3H3. The molecule has 0 spiro atoms. The van der Waals surface area contributed by atoms with Crippen LogP contribution in [-0.2, 0) is 16.0 Å². The molecule has 0 aliphatic heterocycles. The van der Waals surface area contributed by atoms with Gasteiger partial charge in [-0.3, -0.25) is 4.79 Å². The van der Waals surface area contributed by atoms with Crippen LogP contribution in [0, 0.1) is 11.8 Å². The molecule has 2 atom stereocenters. The largest absolute Gasteiger partial charge is 0.497 e. The molecule has 1 aromatic carbocycles. The molecule has 122 valence electrons. The number of ether oxygens (including phenoxy) is 3. The number of hydrogen-bond acceptors (Lipinski definition) is 4. The van der Waals surface area contributed by atoms with Crippen LogP contribution >= 0.6 is 0 Å². The van der Waals surface area contributed by atoms with Crippen LogP contribution in [0.5, 0.6) is 11.5 Å². The summed E-state index contributed by atoms with van der Waals surface area (Å²) in [4.78, 5) is 11.8. The number of hydrogen-bond donors (Lipinski definition) is 0. The summed E-state index contributed by atoms with van der Waals surface area (Å²) in [6.45, 7) is 2.34. The molecule has 1 aliphatic carbocycles. The molecule has 0 N–H and O–H groups in total. The molecular formula is C18H26O4. The highest BCUT2D eigenvalue weighted by Gasteiger charge is 2.30. The third-order valence-electron chi connectivity index (χ3n) is 4.48. The fourth-order valence-corrected chi connectivity index (χ4v) is 3.23. The Morgan fingerprint density at radius 2 is 2.05 bits per heavy atom. The molecule has 0 saturated heterocycles. The average molecular weight is 306 g/mol. The van der Waals surface area contributed by atoms with Gasteiger partial charge in [-0.1, -0.05) is 6.07 Å². The van der Waals surface area contributed by atoms with Crippen LogP contribution in [0.2, 0.25) is 0 Å². The van der Waals surface area contributed by atoms with Gasteiger partial charge in [-0.05, 0) is 56.6 Å². The van der Waals surface area contributed by atoms with Gasteiger partial charge >= 0.3 is 5.97 Å². The quantitative estimate of drug-likeness (QED) is 0.722. The van der Waals surface area contributed by atoms with Crippen LogP contribution in [-0.4, -0.2) is 26.8 Å². The van der Waals surface area contributed by atoms with Crippen molar-refractivity contribution in [2.75, 3.05) is 20.8 Å². The van der Waals surface area contributed by atoms with Gasteiger partial charge in [-0.2, -0.15) is 0 Å². The van der Waals surface area contributed by atoms with E-state index >= 15 is 0 Å². The number of carbonyl (C=O) groups is 1. The zero-order valence-corrected chi connectivity index (χ0v) is 13.8. The lowest BCUT2D eigenvalue weighted by molar-refractivity contribution is -0.147. The van der Waals surface area contributed by atoms with Crippen molar-refractivity contribution in [3.63, 3.8) is 0 Å². The Morgan fingerprint density at radius 1 is 1.23 bits per heavy atom. The Balaban J connectivity index is 1.87. The lowest BCUT2D eigenvalue weighted by Crippen LogP contribution is -2.15. The Bertz CT molecular complexity index is 498. The van der Waals surface area contributed by atoms with E-state index in [-0.39, 0.29) is 11.9 Å². The molecule has 4 nitrogen and oxygen atoms in total. The van der Waals surface area contributed by atoms with Gasteiger partial charge in [0.25, 0.3) is 0 Å². The molecule has 0 bridgehead atoms. The summed E-state index contributed by atoms with van der Waals surface area (Å²) in [7, 11) is 3.34. The highest BCUT2D eigenvalue weighted by atomic mass is 16.5. The maximum Gasteiger partial charge on any atom is 0.308 e. The molecule has 1 saturated carbocycles. The molecule has 22 heavy (non-hydrogen) atoms. The van der Waals surface area contributed by atoms with Crippen LogP contribution < -0.4 is 9.47 Å². The number of aryl methyl sites for hydroxylation is 1. The summed E-state index contributed by atoms with van der Waals surface area (Å²) in [6, 6.07) is 5.95. The number of rotatable bonds is 7. The second kappa shape index (κ2) is 8.06. The van der Waals surface area contributed by atoms with Crippen LogP contribution in [0.25, 0.3) is 0 Å². The molecule has 4 heteroatoms. The van der Waals surface area contributed by atoms with Crippen molar-refractivity contribution in [2.24, 2.45) is 11.8 Å². The topological polar surface area (TPSA) is 44.8 Å². The summed E-state index contributed by atoms with van der Waals surface area (Å²) in [5, 5.41) is 0. The summed E-state index contributed by atoms with van der Waals surface area (Å²) in [5.41, 5.74) is 1.20. The molecule has 0 aromatic heterocycles. The van der Waals surface area contributed by atoms with Gasteiger partial charge in [0.15, 0.2) is 0 Å². The first-order valence-electron chi connectivity index (χ1n) is 8.05. The summed E-state index contributed by atoms with van der Waals surface area (Å²) < 4.78 is 15.8. The van der Waals surface area contributed by atoms with Crippen molar-refractivity contribution in [3.05, 3.63) is 23.8 Å². The van der Waals surface area contributed by atoms with E-state index in [9.17, 15) is 4.79 Å².